The molecule has 0 aliphatic carbocycles. The summed E-state index contributed by atoms with van der Waals surface area (Å²) in [5, 5.41) is 3.64. The Kier molecular flexibility index (Phi) is 5.62. The van der Waals surface area contributed by atoms with Crippen LogP contribution in [-0.4, -0.2) is 36.6 Å². The van der Waals surface area contributed by atoms with E-state index in [1.807, 2.05) is 0 Å². The van der Waals surface area contributed by atoms with Gasteiger partial charge >= 0.3 is 0 Å². The topological polar surface area (TPSA) is 15.3 Å². The van der Waals surface area contributed by atoms with E-state index < -0.39 is 0 Å². The van der Waals surface area contributed by atoms with E-state index in [4.69, 9.17) is 0 Å². The first kappa shape index (κ1) is 13.0. The molecule has 2 nitrogen and oxygen atoms in total. The van der Waals surface area contributed by atoms with Gasteiger partial charge in [0.15, 0.2) is 0 Å². The van der Waals surface area contributed by atoms with Crippen LogP contribution in [0.3, 0.4) is 0 Å². The van der Waals surface area contributed by atoms with Crippen molar-refractivity contribution in [3.05, 3.63) is 0 Å². The third-order valence-corrected chi connectivity index (χ3v) is 3.48. The molecule has 1 unspecified atom stereocenters. The average Bonchev–Trinajstić information content (AvgIpc) is 2.18. The van der Waals surface area contributed by atoms with Gasteiger partial charge in [0.1, 0.15) is 0 Å². The minimum atomic E-state index is 0.619. The molecular weight excluding hydrogens is 184 g/mol. The van der Waals surface area contributed by atoms with Crippen LogP contribution in [-0.2, 0) is 0 Å². The molecule has 1 heterocycles. The Hall–Kier alpha value is -0.0800. The summed E-state index contributed by atoms with van der Waals surface area (Å²) < 4.78 is 0. The Balaban J connectivity index is 2.24. The molecule has 1 aliphatic heterocycles. The second kappa shape index (κ2) is 6.49. The molecule has 0 radical (unpaired) electrons. The summed E-state index contributed by atoms with van der Waals surface area (Å²) in [6.45, 7) is 13.0. The van der Waals surface area contributed by atoms with Gasteiger partial charge in [-0.25, -0.2) is 0 Å². The summed E-state index contributed by atoms with van der Waals surface area (Å²) in [6, 6.07) is 1.31. The highest BCUT2D eigenvalue weighted by atomic mass is 15.1. The van der Waals surface area contributed by atoms with Crippen LogP contribution in [0, 0.1) is 5.92 Å². The Bertz CT molecular complexity index is 160. The molecule has 1 saturated heterocycles. The van der Waals surface area contributed by atoms with Crippen molar-refractivity contribution in [2.45, 2.75) is 59.0 Å². The number of rotatable bonds is 5. The maximum absolute atomic E-state index is 3.64. The lowest BCUT2D eigenvalue weighted by Gasteiger charge is -2.35. The zero-order valence-corrected chi connectivity index (χ0v) is 10.9. The second-order valence-electron chi connectivity index (χ2n) is 5.29. The van der Waals surface area contributed by atoms with Crippen molar-refractivity contribution in [2.24, 2.45) is 5.92 Å². The molecule has 1 atom stereocenters. The maximum atomic E-state index is 3.64. The lowest BCUT2D eigenvalue weighted by molar-refractivity contribution is 0.160. The van der Waals surface area contributed by atoms with Crippen LogP contribution in [0.2, 0.25) is 0 Å². The normalized spacial score (nSPS) is 22.2. The van der Waals surface area contributed by atoms with E-state index in [1.165, 1.54) is 38.9 Å². The molecule has 0 saturated carbocycles. The number of hydrogen-bond donors (Lipinski definition) is 1. The summed E-state index contributed by atoms with van der Waals surface area (Å²) in [4.78, 5) is 2.61. The molecule has 0 amide bonds. The third kappa shape index (κ3) is 4.52. The van der Waals surface area contributed by atoms with Gasteiger partial charge in [-0.1, -0.05) is 20.8 Å². The molecule has 1 rings (SSSR count). The van der Waals surface area contributed by atoms with Crippen molar-refractivity contribution in [1.82, 2.24) is 10.2 Å². The second-order valence-corrected chi connectivity index (χ2v) is 5.29. The molecule has 1 fully saturated rings. The molecule has 90 valence electrons. The first-order valence-electron chi connectivity index (χ1n) is 6.62. The quantitative estimate of drug-likeness (QED) is 0.753. The molecule has 1 N–H and O–H groups in total. The van der Waals surface area contributed by atoms with Gasteiger partial charge in [0, 0.05) is 12.1 Å². The largest absolute Gasteiger partial charge is 0.312 e. The Morgan fingerprint density at radius 1 is 1.20 bits per heavy atom. The average molecular weight is 212 g/mol. The predicted octanol–water partition coefficient (Wildman–Crippen LogP) is 2.49. The van der Waals surface area contributed by atoms with Gasteiger partial charge in [0.25, 0.3) is 0 Å². The first-order valence-corrected chi connectivity index (χ1v) is 6.62. The highest BCUT2D eigenvalue weighted by Crippen LogP contribution is 2.20. The van der Waals surface area contributed by atoms with E-state index in [-0.39, 0.29) is 0 Å². The zero-order valence-electron chi connectivity index (χ0n) is 10.9. The fraction of sp³-hybridized carbons (Fsp3) is 1.00. The maximum Gasteiger partial charge on any atom is 0.00703 e. The van der Waals surface area contributed by atoms with Crippen molar-refractivity contribution < 1.29 is 0 Å². The van der Waals surface area contributed by atoms with Gasteiger partial charge in [-0.15, -0.1) is 0 Å². The van der Waals surface area contributed by atoms with E-state index >= 15 is 0 Å². The zero-order chi connectivity index (χ0) is 11.3. The molecule has 0 bridgehead atoms. The van der Waals surface area contributed by atoms with Gasteiger partial charge in [-0.3, -0.25) is 0 Å². The Labute approximate surface area is 95.4 Å². The van der Waals surface area contributed by atoms with Crippen molar-refractivity contribution >= 4 is 0 Å². The van der Waals surface area contributed by atoms with E-state index in [1.54, 1.807) is 0 Å². The minimum Gasteiger partial charge on any atom is -0.312 e. The molecular formula is C13H28N2. The predicted molar refractivity (Wildman–Crippen MR) is 67.2 cm³/mol. The van der Waals surface area contributed by atoms with Crippen molar-refractivity contribution in [3.8, 4) is 0 Å². The summed E-state index contributed by atoms with van der Waals surface area (Å²) in [5.41, 5.74) is 0. The molecule has 0 spiro atoms. The van der Waals surface area contributed by atoms with Gasteiger partial charge in [0.2, 0.25) is 0 Å². The van der Waals surface area contributed by atoms with Gasteiger partial charge < -0.3 is 10.2 Å². The highest BCUT2D eigenvalue weighted by Gasteiger charge is 2.23. The molecule has 0 aromatic heterocycles. The lowest BCUT2D eigenvalue weighted by Crippen LogP contribution is -2.44. The SMILES string of the molecule is CCCN1CCC(C(C)NC(C)C)CC1. The van der Waals surface area contributed by atoms with Crippen LogP contribution < -0.4 is 5.32 Å². The monoisotopic (exact) mass is 212 g/mol. The number of likely N-dealkylation sites (tertiary alicyclic amines) is 1. The van der Waals surface area contributed by atoms with Gasteiger partial charge in [-0.05, 0) is 51.7 Å². The van der Waals surface area contributed by atoms with E-state index in [2.05, 4.69) is 37.9 Å². The first-order chi connectivity index (χ1) is 7.13. The molecule has 1 aliphatic rings. The van der Waals surface area contributed by atoms with Crippen LogP contribution in [0.25, 0.3) is 0 Å². The van der Waals surface area contributed by atoms with E-state index in [0.29, 0.717) is 12.1 Å². The summed E-state index contributed by atoms with van der Waals surface area (Å²) in [5.74, 6) is 0.889. The van der Waals surface area contributed by atoms with E-state index in [9.17, 15) is 0 Å². The van der Waals surface area contributed by atoms with Gasteiger partial charge in [0.05, 0.1) is 0 Å². The van der Waals surface area contributed by atoms with Crippen LogP contribution in [0.15, 0.2) is 0 Å². The number of piperidine rings is 1. The fourth-order valence-electron chi connectivity index (χ4n) is 2.65. The standard InChI is InChI=1S/C13H28N2/c1-5-8-15-9-6-13(7-10-15)12(4)14-11(2)3/h11-14H,5-10H2,1-4H3. The number of nitrogens with zero attached hydrogens (tertiary/aromatic N) is 1. The number of nitrogens with one attached hydrogen (secondary N) is 1. The summed E-state index contributed by atoms with van der Waals surface area (Å²) >= 11 is 0. The van der Waals surface area contributed by atoms with Crippen LogP contribution >= 0.6 is 0 Å². The van der Waals surface area contributed by atoms with Crippen LogP contribution in [0.5, 0.6) is 0 Å². The lowest BCUT2D eigenvalue weighted by atomic mass is 9.90. The smallest absolute Gasteiger partial charge is 0.00703 e. The van der Waals surface area contributed by atoms with Crippen molar-refractivity contribution in [3.63, 3.8) is 0 Å². The Morgan fingerprint density at radius 3 is 2.27 bits per heavy atom. The third-order valence-electron chi connectivity index (χ3n) is 3.48. The summed E-state index contributed by atoms with van der Waals surface area (Å²) in [6.07, 6.45) is 4.05. The molecule has 0 aromatic carbocycles. The van der Waals surface area contributed by atoms with E-state index in [0.717, 1.165) is 5.92 Å². The summed E-state index contributed by atoms with van der Waals surface area (Å²) in [7, 11) is 0. The minimum absolute atomic E-state index is 0.619. The van der Waals surface area contributed by atoms with Crippen LogP contribution in [0.4, 0.5) is 0 Å². The number of hydrogen-bond acceptors (Lipinski definition) is 2. The van der Waals surface area contributed by atoms with Crippen molar-refractivity contribution in [2.75, 3.05) is 19.6 Å². The van der Waals surface area contributed by atoms with Crippen LogP contribution in [0.1, 0.15) is 47.0 Å². The Morgan fingerprint density at radius 2 is 1.80 bits per heavy atom. The van der Waals surface area contributed by atoms with Crippen molar-refractivity contribution in [1.29, 1.82) is 0 Å². The fourth-order valence-corrected chi connectivity index (χ4v) is 2.65. The van der Waals surface area contributed by atoms with Gasteiger partial charge in [-0.2, -0.15) is 0 Å². The molecule has 15 heavy (non-hydrogen) atoms. The molecule has 0 aromatic rings. The highest BCUT2D eigenvalue weighted by molar-refractivity contribution is 4.80. The molecule has 2 heteroatoms.